The van der Waals surface area contributed by atoms with E-state index in [1.807, 2.05) is 24.3 Å². The van der Waals surface area contributed by atoms with E-state index in [1.165, 1.54) is 0 Å². The molecule has 1 saturated heterocycles. The van der Waals surface area contributed by atoms with E-state index in [0.29, 0.717) is 18.9 Å². The normalized spacial score (nSPS) is 15.8. The van der Waals surface area contributed by atoms with E-state index in [-0.39, 0.29) is 43.1 Å². The first-order valence-corrected chi connectivity index (χ1v) is 8.66. The van der Waals surface area contributed by atoms with Gasteiger partial charge in [-0.1, -0.05) is 25.1 Å². The maximum atomic E-state index is 12.0. The Morgan fingerprint density at radius 2 is 1.77 bits per heavy atom. The quantitative estimate of drug-likeness (QED) is 0.657. The van der Waals surface area contributed by atoms with Crippen LogP contribution in [-0.4, -0.2) is 61.0 Å². The van der Waals surface area contributed by atoms with Gasteiger partial charge in [0.25, 0.3) is 0 Å². The minimum atomic E-state index is 0. The molecular formula is C18H33Cl3N4O. The highest BCUT2D eigenvalue weighted by atomic mass is 35.5. The van der Waals surface area contributed by atoms with E-state index in [2.05, 4.69) is 29.0 Å². The number of nitrogen functional groups attached to an aromatic ring is 1. The molecule has 26 heavy (non-hydrogen) atoms. The molecule has 5 nitrogen and oxygen atoms in total. The van der Waals surface area contributed by atoms with Gasteiger partial charge in [-0.25, -0.2) is 0 Å². The number of rotatable bonds is 7. The number of likely N-dealkylation sites (N-methyl/N-ethyl adjacent to an activating group) is 1. The third-order valence-electron chi connectivity index (χ3n) is 4.75. The summed E-state index contributed by atoms with van der Waals surface area (Å²) in [6, 6.07) is 8.13. The maximum absolute atomic E-state index is 12.0. The summed E-state index contributed by atoms with van der Waals surface area (Å²) in [7, 11) is 0. The monoisotopic (exact) mass is 426 g/mol. The molecule has 0 aliphatic carbocycles. The molecule has 3 N–H and O–H groups in total. The van der Waals surface area contributed by atoms with Crippen LogP contribution >= 0.6 is 37.2 Å². The number of nitrogens with zero attached hydrogens (tertiary/aromatic N) is 2. The SMILES string of the molecule is CCN1CCN(C(C)CNC(=O)CCc2ccccc2N)CC1.Cl.Cl.Cl. The van der Waals surface area contributed by atoms with E-state index in [4.69, 9.17) is 5.73 Å². The van der Waals surface area contributed by atoms with Crippen molar-refractivity contribution in [3.63, 3.8) is 0 Å². The number of carbonyl (C=O) groups is 1. The number of nitrogens with two attached hydrogens (primary N) is 1. The van der Waals surface area contributed by atoms with E-state index < -0.39 is 0 Å². The molecule has 8 heteroatoms. The second-order valence-electron chi connectivity index (χ2n) is 6.32. The number of benzene rings is 1. The molecule has 1 aromatic carbocycles. The molecule has 1 heterocycles. The van der Waals surface area contributed by atoms with Crippen molar-refractivity contribution in [2.24, 2.45) is 0 Å². The van der Waals surface area contributed by atoms with Crippen molar-refractivity contribution >= 4 is 48.8 Å². The number of amides is 1. The summed E-state index contributed by atoms with van der Waals surface area (Å²) in [4.78, 5) is 17.0. The van der Waals surface area contributed by atoms with Crippen LogP contribution in [0.25, 0.3) is 0 Å². The van der Waals surface area contributed by atoms with Gasteiger partial charge in [0.15, 0.2) is 0 Å². The molecule has 2 rings (SSSR count). The molecule has 1 aromatic rings. The van der Waals surface area contributed by atoms with Crippen LogP contribution in [0.3, 0.4) is 0 Å². The van der Waals surface area contributed by atoms with Crippen LogP contribution in [0.4, 0.5) is 5.69 Å². The van der Waals surface area contributed by atoms with Crippen molar-refractivity contribution in [2.45, 2.75) is 32.7 Å². The fourth-order valence-corrected chi connectivity index (χ4v) is 3.01. The third-order valence-corrected chi connectivity index (χ3v) is 4.75. The lowest BCUT2D eigenvalue weighted by Gasteiger charge is -2.37. The lowest BCUT2D eigenvalue weighted by Crippen LogP contribution is -2.52. The standard InChI is InChI=1S/C18H30N4O.3ClH/c1-3-21-10-12-22(13-11-21)15(2)14-20-18(23)9-8-16-6-4-5-7-17(16)19;;;/h4-7,15H,3,8-14,19H2,1-2H3,(H,20,23);3*1H. The molecule has 0 radical (unpaired) electrons. The first-order valence-electron chi connectivity index (χ1n) is 8.66. The predicted octanol–water partition coefficient (Wildman–Crippen LogP) is 2.61. The van der Waals surface area contributed by atoms with E-state index >= 15 is 0 Å². The zero-order valence-electron chi connectivity index (χ0n) is 15.6. The Bertz CT molecular complexity index is 511. The first kappa shape index (κ1) is 27.5. The number of piperazine rings is 1. The predicted molar refractivity (Wildman–Crippen MR) is 117 cm³/mol. The van der Waals surface area contributed by atoms with Gasteiger partial charge in [0.2, 0.25) is 5.91 Å². The molecular weight excluding hydrogens is 395 g/mol. The van der Waals surface area contributed by atoms with E-state index in [9.17, 15) is 4.79 Å². The zero-order chi connectivity index (χ0) is 16.7. The summed E-state index contributed by atoms with van der Waals surface area (Å²) in [5.74, 6) is 0.104. The smallest absolute Gasteiger partial charge is 0.220 e. The molecule has 1 fully saturated rings. The molecule has 1 unspecified atom stereocenters. The molecule has 1 atom stereocenters. The van der Waals surface area contributed by atoms with Crippen molar-refractivity contribution in [1.82, 2.24) is 15.1 Å². The third kappa shape index (κ3) is 8.78. The Morgan fingerprint density at radius 3 is 2.35 bits per heavy atom. The van der Waals surface area contributed by atoms with Gasteiger partial charge < -0.3 is 16.0 Å². The first-order chi connectivity index (χ1) is 11.1. The van der Waals surface area contributed by atoms with Gasteiger partial charge in [-0.2, -0.15) is 0 Å². The second-order valence-corrected chi connectivity index (χ2v) is 6.32. The number of nitrogens with one attached hydrogen (secondary N) is 1. The number of hydrogen-bond donors (Lipinski definition) is 2. The Morgan fingerprint density at radius 1 is 1.15 bits per heavy atom. The van der Waals surface area contributed by atoms with Gasteiger partial charge in [0.05, 0.1) is 0 Å². The average Bonchev–Trinajstić information content (AvgIpc) is 2.59. The van der Waals surface area contributed by atoms with Gasteiger partial charge in [0.1, 0.15) is 0 Å². The van der Waals surface area contributed by atoms with Gasteiger partial charge in [-0.05, 0) is 31.5 Å². The average molecular weight is 428 g/mol. The largest absolute Gasteiger partial charge is 0.399 e. The number of aryl methyl sites for hydroxylation is 1. The molecule has 0 aromatic heterocycles. The molecule has 1 amide bonds. The molecule has 0 spiro atoms. The number of para-hydroxylation sites is 1. The van der Waals surface area contributed by atoms with E-state index in [1.54, 1.807) is 0 Å². The van der Waals surface area contributed by atoms with Crippen LogP contribution in [0.15, 0.2) is 24.3 Å². The van der Waals surface area contributed by atoms with Crippen LogP contribution in [0.1, 0.15) is 25.8 Å². The molecule has 1 aliphatic heterocycles. The van der Waals surface area contributed by atoms with Gasteiger partial charge >= 0.3 is 0 Å². The summed E-state index contributed by atoms with van der Waals surface area (Å²) >= 11 is 0. The van der Waals surface area contributed by atoms with Crippen LogP contribution in [0.2, 0.25) is 0 Å². The molecule has 0 saturated carbocycles. The highest BCUT2D eigenvalue weighted by molar-refractivity contribution is 5.86. The lowest BCUT2D eigenvalue weighted by molar-refractivity contribution is -0.121. The fourth-order valence-electron chi connectivity index (χ4n) is 3.01. The summed E-state index contributed by atoms with van der Waals surface area (Å²) in [5, 5.41) is 3.06. The zero-order valence-corrected chi connectivity index (χ0v) is 18.1. The summed E-state index contributed by atoms with van der Waals surface area (Å²) < 4.78 is 0. The number of carbonyl (C=O) groups excluding carboxylic acids is 1. The number of hydrogen-bond acceptors (Lipinski definition) is 4. The Labute approximate surface area is 176 Å². The summed E-state index contributed by atoms with van der Waals surface area (Å²) in [6.07, 6.45) is 1.19. The summed E-state index contributed by atoms with van der Waals surface area (Å²) in [5.41, 5.74) is 7.72. The number of anilines is 1. The lowest BCUT2D eigenvalue weighted by atomic mass is 10.1. The molecule has 152 valence electrons. The van der Waals surface area contributed by atoms with Crippen molar-refractivity contribution < 1.29 is 4.79 Å². The van der Waals surface area contributed by atoms with E-state index in [0.717, 1.165) is 50.5 Å². The van der Waals surface area contributed by atoms with Crippen molar-refractivity contribution in [3.05, 3.63) is 29.8 Å². The van der Waals surface area contributed by atoms with Crippen LogP contribution in [0.5, 0.6) is 0 Å². The Hall–Kier alpha value is -0.720. The van der Waals surface area contributed by atoms with Crippen molar-refractivity contribution in [3.8, 4) is 0 Å². The van der Waals surface area contributed by atoms with Gasteiger partial charge in [-0.3, -0.25) is 9.69 Å². The van der Waals surface area contributed by atoms with Crippen LogP contribution < -0.4 is 11.1 Å². The van der Waals surface area contributed by atoms with Gasteiger partial charge in [-0.15, -0.1) is 37.2 Å². The van der Waals surface area contributed by atoms with Crippen LogP contribution in [0, 0.1) is 0 Å². The number of halogens is 3. The second kappa shape index (κ2) is 14.4. The maximum Gasteiger partial charge on any atom is 0.220 e. The summed E-state index contributed by atoms with van der Waals surface area (Å²) in [6.45, 7) is 10.7. The highest BCUT2D eigenvalue weighted by Crippen LogP contribution is 2.12. The van der Waals surface area contributed by atoms with Crippen LogP contribution in [-0.2, 0) is 11.2 Å². The highest BCUT2D eigenvalue weighted by Gasteiger charge is 2.20. The van der Waals surface area contributed by atoms with Crippen molar-refractivity contribution in [1.29, 1.82) is 0 Å². The minimum absolute atomic E-state index is 0. The fraction of sp³-hybridized carbons (Fsp3) is 0.611. The topological polar surface area (TPSA) is 61.6 Å². The molecule has 0 bridgehead atoms. The van der Waals surface area contributed by atoms with Crippen molar-refractivity contribution in [2.75, 3.05) is 45.0 Å². The Balaban J connectivity index is 0. The molecule has 1 aliphatic rings. The minimum Gasteiger partial charge on any atom is -0.399 e. The Kier molecular flexibility index (Phi) is 15.2. The van der Waals surface area contributed by atoms with Gasteiger partial charge in [0, 0.05) is 50.9 Å².